The summed E-state index contributed by atoms with van der Waals surface area (Å²) >= 11 is 0. The summed E-state index contributed by atoms with van der Waals surface area (Å²) in [7, 11) is 0. The molecule has 22 heavy (non-hydrogen) atoms. The smallest absolute Gasteiger partial charge is 0.159 e. The summed E-state index contributed by atoms with van der Waals surface area (Å²) in [5, 5.41) is 1.14. The van der Waals surface area contributed by atoms with E-state index in [1.807, 2.05) is 0 Å². The van der Waals surface area contributed by atoms with Gasteiger partial charge in [0.2, 0.25) is 0 Å². The number of hydrogen-bond donors (Lipinski definition) is 0. The molecule has 3 aromatic rings. The third-order valence-corrected chi connectivity index (χ3v) is 3.35. The average molecular weight is 296 g/mol. The van der Waals surface area contributed by atoms with Crippen LogP contribution in [-0.4, -0.2) is 0 Å². The van der Waals surface area contributed by atoms with Crippen LogP contribution in [0.25, 0.3) is 10.8 Å². The fourth-order valence-corrected chi connectivity index (χ4v) is 2.18. The van der Waals surface area contributed by atoms with E-state index in [9.17, 15) is 13.2 Å². The van der Waals surface area contributed by atoms with E-state index in [0.29, 0.717) is 21.9 Å². The third-order valence-electron chi connectivity index (χ3n) is 3.35. The lowest BCUT2D eigenvalue weighted by Gasteiger charge is -2.00. The van der Waals surface area contributed by atoms with Gasteiger partial charge >= 0.3 is 0 Å². The highest BCUT2D eigenvalue weighted by atomic mass is 19.2. The van der Waals surface area contributed by atoms with Gasteiger partial charge in [0, 0.05) is 5.56 Å². The standard InChI is InChI=1S/C19H11F3/c1-12-2-5-14(17(20)8-12)6-3-13-4-7-15-10-18(21)19(22)11-16(15)9-13/h2,4-5,7-11H,1H3. The Morgan fingerprint density at radius 3 is 2.14 bits per heavy atom. The van der Waals surface area contributed by atoms with Gasteiger partial charge in [0.15, 0.2) is 11.6 Å². The molecule has 108 valence electrons. The van der Waals surface area contributed by atoms with E-state index < -0.39 is 11.6 Å². The molecule has 0 bridgehead atoms. The van der Waals surface area contributed by atoms with Crippen LogP contribution in [0.2, 0.25) is 0 Å². The SMILES string of the molecule is Cc1ccc(C#Cc2ccc3cc(F)c(F)cc3c2)c(F)c1. The van der Waals surface area contributed by atoms with Crippen LogP contribution in [0, 0.1) is 36.2 Å². The lowest BCUT2D eigenvalue weighted by Crippen LogP contribution is -1.86. The molecule has 0 unspecified atom stereocenters. The molecule has 0 N–H and O–H groups in total. The Morgan fingerprint density at radius 1 is 0.682 bits per heavy atom. The first-order valence-corrected chi connectivity index (χ1v) is 6.70. The maximum absolute atomic E-state index is 13.7. The number of rotatable bonds is 0. The van der Waals surface area contributed by atoms with Gasteiger partial charge in [-0.15, -0.1) is 0 Å². The minimum Gasteiger partial charge on any atom is -0.206 e. The highest BCUT2D eigenvalue weighted by Crippen LogP contribution is 2.19. The van der Waals surface area contributed by atoms with Crippen LogP contribution in [0.1, 0.15) is 16.7 Å². The summed E-state index contributed by atoms with van der Waals surface area (Å²) in [6.45, 7) is 1.80. The lowest BCUT2D eigenvalue weighted by molar-refractivity contribution is 0.511. The zero-order chi connectivity index (χ0) is 15.7. The molecule has 0 radical (unpaired) electrons. The monoisotopic (exact) mass is 296 g/mol. The van der Waals surface area contributed by atoms with Crippen molar-refractivity contribution < 1.29 is 13.2 Å². The van der Waals surface area contributed by atoms with Gasteiger partial charge in [0.05, 0.1) is 5.56 Å². The molecule has 0 aliphatic rings. The van der Waals surface area contributed by atoms with Crippen LogP contribution in [0.4, 0.5) is 13.2 Å². The molecule has 0 aliphatic carbocycles. The predicted molar refractivity (Wildman–Crippen MR) is 81.0 cm³/mol. The van der Waals surface area contributed by atoms with Crippen molar-refractivity contribution in [2.45, 2.75) is 6.92 Å². The van der Waals surface area contributed by atoms with Crippen LogP contribution in [-0.2, 0) is 0 Å². The number of halogens is 3. The summed E-state index contributed by atoms with van der Waals surface area (Å²) < 4.78 is 40.1. The highest BCUT2D eigenvalue weighted by molar-refractivity contribution is 5.84. The topological polar surface area (TPSA) is 0 Å². The summed E-state index contributed by atoms with van der Waals surface area (Å²) in [5.74, 6) is 3.44. The van der Waals surface area contributed by atoms with Crippen LogP contribution >= 0.6 is 0 Å². The summed E-state index contributed by atoms with van der Waals surface area (Å²) in [6, 6.07) is 12.1. The second-order valence-corrected chi connectivity index (χ2v) is 5.06. The quantitative estimate of drug-likeness (QED) is 0.514. The van der Waals surface area contributed by atoms with Gasteiger partial charge in [0.25, 0.3) is 0 Å². The van der Waals surface area contributed by atoms with Gasteiger partial charge in [0.1, 0.15) is 5.82 Å². The van der Waals surface area contributed by atoms with Gasteiger partial charge in [-0.1, -0.05) is 24.0 Å². The van der Waals surface area contributed by atoms with E-state index in [0.717, 1.165) is 17.7 Å². The Labute approximate surface area is 126 Å². The Hall–Kier alpha value is -2.73. The Balaban J connectivity index is 2.01. The number of hydrogen-bond acceptors (Lipinski definition) is 0. The van der Waals surface area contributed by atoms with Crippen LogP contribution in [0.5, 0.6) is 0 Å². The Kier molecular flexibility index (Phi) is 3.60. The summed E-state index contributed by atoms with van der Waals surface area (Å²) in [4.78, 5) is 0. The van der Waals surface area contributed by atoms with Gasteiger partial charge < -0.3 is 0 Å². The summed E-state index contributed by atoms with van der Waals surface area (Å²) in [5.41, 5.74) is 1.74. The van der Waals surface area contributed by atoms with Crippen molar-refractivity contribution in [3.05, 3.63) is 82.7 Å². The van der Waals surface area contributed by atoms with E-state index in [2.05, 4.69) is 11.8 Å². The number of aryl methyl sites for hydroxylation is 1. The molecule has 0 nitrogen and oxygen atoms in total. The van der Waals surface area contributed by atoms with Gasteiger partial charge in [-0.05, 0) is 59.7 Å². The molecule has 0 saturated carbocycles. The zero-order valence-corrected chi connectivity index (χ0v) is 11.8. The second kappa shape index (κ2) is 5.57. The molecular formula is C19H11F3. The molecule has 0 saturated heterocycles. The van der Waals surface area contributed by atoms with Crippen LogP contribution in [0.15, 0.2) is 48.5 Å². The molecule has 0 fully saturated rings. The molecule has 3 heteroatoms. The normalized spacial score (nSPS) is 10.4. The molecular weight excluding hydrogens is 285 g/mol. The van der Waals surface area contributed by atoms with E-state index in [1.54, 1.807) is 37.3 Å². The zero-order valence-electron chi connectivity index (χ0n) is 11.8. The largest absolute Gasteiger partial charge is 0.206 e. The maximum Gasteiger partial charge on any atom is 0.159 e. The molecule has 0 spiro atoms. The van der Waals surface area contributed by atoms with Crippen molar-refractivity contribution in [2.24, 2.45) is 0 Å². The van der Waals surface area contributed by atoms with Crippen LogP contribution in [0.3, 0.4) is 0 Å². The first kappa shape index (κ1) is 14.2. The van der Waals surface area contributed by atoms with E-state index in [1.165, 1.54) is 6.07 Å². The number of benzene rings is 3. The molecule has 0 heterocycles. The fourth-order valence-electron chi connectivity index (χ4n) is 2.18. The number of fused-ring (bicyclic) bond motifs is 1. The van der Waals surface area contributed by atoms with E-state index >= 15 is 0 Å². The molecule has 0 aliphatic heterocycles. The fraction of sp³-hybridized carbons (Fsp3) is 0.0526. The maximum atomic E-state index is 13.7. The first-order valence-electron chi connectivity index (χ1n) is 6.70. The highest BCUT2D eigenvalue weighted by Gasteiger charge is 2.04. The van der Waals surface area contributed by atoms with Crippen molar-refractivity contribution in [2.75, 3.05) is 0 Å². The molecule has 0 aromatic heterocycles. The Bertz CT molecular complexity index is 931. The molecule has 3 aromatic carbocycles. The van der Waals surface area contributed by atoms with Crippen molar-refractivity contribution in [3.63, 3.8) is 0 Å². The van der Waals surface area contributed by atoms with Gasteiger partial charge in [-0.25, -0.2) is 13.2 Å². The first-order chi connectivity index (χ1) is 10.5. The Morgan fingerprint density at radius 2 is 1.41 bits per heavy atom. The van der Waals surface area contributed by atoms with E-state index in [4.69, 9.17) is 0 Å². The van der Waals surface area contributed by atoms with Gasteiger partial charge in [-0.3, -0.25) is 0 Å². The minimum absolute atomic E-state index is 0.302. The van der Waals surface area contributed by atoms with Crippen molar-refractivity contribution >= 4 is 10.8 Å². The predicted octanol–water partition coefficient (Wildman–Crippen LogP) is 4.97. The second-order valence-electron chi connectivity index (χ2n) is 5.06. The molecule has 0 atom stereocenters. The summed E-state index contributed by atoms with van der Waals surface area (Å²) in [6.07, 6.45) is 0. The van der Waals surface area contributed by atoms with Crippen LogP contribution < -0.4 is 0 Å². The third kappa shape index (κ3) is 2.82. The minimum atomic E-state index is -0.901. The van der Waals surface area contributed by atoms with Crippen molar-refractivity contribution in [1.82, 2.24) is 0 Å². The van der Waals surface area contributed by atoms with Crippen molar-refractivity contribution in [3.8, 4) is 11.8 Å². The molecule has 0 amide bonds. The average Bonchev–Trinajstić information content (AvgIpc) is 2.47. The van der Waals surface area contributed by atoms with Crippen molar-refractivity contribution in [1.29, 1.82) is 0 Å². The van der Waals surface area contributed by atoms with Gasteiger partial charge in [-0.2, -0.15) is 0 Å². The molecule has 3 rings (SSSR count). The lowest BCUT2D eigenvalue weighted by atomic mass is 10.1. The van der Waals surface area contributed by atoms with E-state index in [-0.39, 0.29) is 5.82 Å².